The Balaban J connectivity index is 1.20. The summed E-state index contributed by atoms with van der Waals surface area (Å²) in [7, 11) is 0. The van der Waals surface area contributed by atoms with E-state index in [9.17, 15) is 9.18 Å². The number of nitrogens with zero attached hydrogens (tertiary/aromatic N) is 3. The fourth-order valence-electron chi connectivity index (χ4n) is 3.88. The van der Waals surface area contributed by atoms with E-state index in [1.165, 1.54) is 18.3 Å². The molecule has 8 heteroatoms. The molecule has 2 aromatic rings. The van der Waals surface area contributed by atoms with Gasteiger partial charge in [-0.25, -0.2) is 9.37 Å². The van der Waals surface area contributed by atoms with Crippen molar-refractivity contribution in [1.82, 2.24) is 15.0 Å². The van der Waals surface area contributed by atoms with Crippen LogP contribution in [0.2, 0.25) is 0 Å². The molecule has 142 valence electrons. The topological polar surface area (TPSA) is 77.7 Å². The molecule has 1 amide bonds. The number of aromatic nitrogens is 2. The molecule has 3 aliphatic rings. The minimum Gasteiger partial charge on any atom is -0.475 e. The highest BCUT2D eigenvalue weighted by Gasteiger charge is 2.55. The van der Waals surface area contributed by atoms with Gasteiger partial charge < -0.3 is 18.9 Å². The van der Waals surface area contributed by atoms with E-state index in [0.29, 0.717) is 37.9 Å². The third-order valence-electron chi connectivity index (χ3n) is 5.68. The number of rotatable bonds is 5. The third kappa shape index (κ3) is 2.97. The first kappa shape index (κ1) is 16.7. The minimum atomic E-state index is -0.478. The molecule has 0 radical (unpaired) electrons. The van der Waals surface area contributed by atoms with Crippen molar-refractivity contribution in [2.45, 2.75) is 30.8 Å². The molecule has 4 heterocycles. The maximum absolute atomic E-state index is 13.7. The Labute approximate surface area is 155 Å². The Morgan fingerprint density at radius 2 is 2.22 bits per heavy atom. The second kappa shape index (κ2) is 6.30. The third-order valence-corrected chi connectivity index (χ3v) is 5.68. The van der Waals surface area contributed by atoms with Gasteiger partial charge in [0.2, 0.25) is 5.88 Å². The Bertz CT molecular complexity index is 860. The number of pyridine rings is 1. The molecule has 2 aliphatic heterocycles. The lowest BCUT2D eigenvalue weighted by molar-refractivity contribution is -0.122. The van der Waals surface area contributed by atoms with Crippen molar-refractivity contribution < 1.29 is 23.2 Å². The summed E-state index contributed by atoms with van der Waals surface area (Å²) in [6.45, 7) is 1.88. The van der Waals surface area contributed by atoms with Crippen LogP contribution in [0.5, 0.6) is 5.88 Å². The van der Waals surface area contributed by atoms with Crippen LogP contribution in [0.1, 0.15) is 41.4 Å². The van der Waals surface area contributed by atoms with Crippen LogP contribution in [-0.2, 0) is 4.74 Å². The second-order valence-corrected chi connectivity index (χ2v) is 7.55. The highest BCUT2D eigenvalue weighted by molar-refractivity contribution is 5.93. The van der Waals surface area contributed by atoms with Crippen LogP contribution < -0.4 is 4.74 Å². The molecule has 2 aromatic heterocycles. The molecule has 1 unspecified atom stereocenters. The summed E-state index contributed by atoms with van der Waals surface area (Å²) in [5.41, 5.74) is -0.0719. The van der Waals surface area contributed by atoms with Gasteiger partial charge >= 0.3 is 0 Å². The van der Waals surface area contributed by atoms with Crippen LogP contribution in [0.15, 0.2) is 28.9 Å². The van der Waals surface area contributed by atoms with E-state index in [0.717, 1.165) is 25.0 Å². The summed E-state index contributed by atoms with van der Waals surface area (Å²) in [5.74, 6) is 0.697. The first-order valence-corrected chi connectivity index (χ1v) is 9.28. The van der Waals surface area contributed by atoms with Crippen molar-refractivity contribution in [3.63, 3.8) is 0 Å². The number of hydrogen-bond donors (Lipinski definition) is 0. The Hall–Kier alpha value is -2.48. The van der Waals surface area contributed by atoms with Crippen LogP contribution in [0.4, 0.5) is 4.39 Å². The molecule has 2 saturated heterocycles. The number of likely N-dealkylation sites (tertiary alicyclic amines) is 1. The number of hydrogen-bond acceptors (Lipinski definition) is 6. The molecule has 1 spiro atoms. The van der Waals surface area contributed by atoms with E-state index < -0.39 is 11.4 Å². The monoisotopic (exact) mass is 373 g/mol. The van der Waals surface area contributed by atoms with E-state index in [-0.39, 0.29) is 17.7 Å². The predicted molar refractivity (Wildman–Crippen MR) is 90.9 cm³/mol. The van der Waals surface area contributed by atoms with Crippen LogP contribution in [-0.4, -0.2) is 52.9 Å². The first-order chi connectivity index (χ1) is 13.1. The maximum Gasteiger partial charge on any atom is 0.276 e. The molecule has 1 aliphatic carbocycles. The quantitative estimate of drug-likeness (QED) is 0.801. The van der Waals surface area contributed by atoms with Crippen LogP contribution in [0.3, 0.4) is 0 Å². The zero-order chi connectivity index (χ0) is 18.4. The van der Waals surface area contributed by atoms with E-state index >= 15 is 0 Å². The zero-order valence-electron chi connectivity index (χ0n) is 14.8. The van der Waals surface area contributed by atoms with Crippen molar-refractivity contribution in [3.8, 4) is 5.88 Å². The largest absolute Gasteiger partial charge is 0.475 e. The van der Waals surface area contributed by atoms with E-state index in [1.54, 1.807) is 11.0 Å². The Morgan fingerprint density at radius 1 is 1.37 bits per heavy atom. The van der Waals surface area contributed by atoms with Gasteiger partial charge in [-0.3, -0.25) is 4.79 Å². The van der Waals surface area contributed by atoms with Gasteiger partial charge in [0, 0.05) is 30.7 Å². The molecule has 3 fully saturated rings. The molecule has 1 saturated carbocycles. The van der Waals surface area contributed by atoms with E-state index in [1.807, 2.05) is 0 Å². The van der Waals surface area contributed by atoms with E-state index in [2.05, 4.69) is 10.1 Å². The minimum absolute atomic E-state index is 0.00186. The lowest BCUT2D eigenvalue weighted by Gasteiger charge is -2.49. The summed E-state index contributed by atoms with van der Waals surface area (Å²) in [6.07, 6.45) is 4.51. The standard InChI is InChI=1S/C19H20FN3O4/c20-14-2-1-6-21-17(14)25-9-13-5-7-26-19(13)10-23(11-19)18(24)15-8-16(27-22-15)12-3-4-12/h1-2,6,8,12-13H,3-5,7,9-11H2. The summed E-state index contributed by atoms with van der Waals surface area (Å²) >= 11 is 0. The van der Waals surface area contributed by atoms with Gasteiger partial charge in [-0.15, -0.1) is 0 Å². The summed E-state index contributed by atoms with van der Waals surface area (Å²) in [5, 5.41) is 3.92. The van der Waals surface area contributed by atoms with Crippen LogP contribution in [0, 0.1) is 11.7 Å². The lowest BCUT2D eigenvalue weighted by Crippen LogP contribution is -2.66. The van der Waals surface area contributed by atoms with Gasteiger partial charge in [0.15, 0.2) is 11.5 Å². The smallest absolute Gasteiger partial charge is 0.276 e. The maximum atomic E-state index is 13.7. The normalized spacial score (nSPS) is 23.4. The predicted octanol–water partition coefficient (Wildman–Crippen LogP) is 2.40. The lowest BCUT2D eigenvalue weighted by atomic mass is 9.81. The van der Waals surface area contributed by atoms with Gasteiger partial charge in [-0.1, -0.05) is 5.16 Å². The zero-order valence-corrected chi connectivity index (χ0v) is 14.8. The van der Waals surface area contributed by atoms with Gasteiger partial charge in [0.1, 0.15) is 11.4 Å². The molecule has 0 bridgehead atoms. The average molecular weight is 373 g/mol. The van der Waals surface area contributed by atoms with E-state index in [4.69, 9.17) is 14.0 Å². The number of carbonyl (C=O) groups is 1. The molecule has 0 aromatic carbocycles. The van der Waals surface area contributed by atoms with Gasteiger partial charge in [0.25, 0.3) is 5.91 Å². The Kier molecular flexibility index (Phi) is 3.89. The molecular formula is C19H20FN3O4. The second-order valence-electron chi connectivity index (χ2n) is 7.55. The van der Waals surface area contributed by atoms with Crippen LogP contribution >= 0.6 is 0 Å². The van der Waals surface area contributed by atoms with Crippen molar-refractivity contribution >= 4 is 5.91 Å². The van der Waals surface area contributed by atoms with Crippen molar-refractivity contribution in [3.05, 3.63) is 41.7 Å². The Morgan fingerprint density at radius 3 is 3.00 bits per heavy atom. The fourth-order valence-corrected chi connectivity index (χ4v) is 3.88. The highest BCUT2D eigenvalue weighted by atomic mass is 19.1. The SMILES string of the molecule is O=C(c1cc(C2CC2)on1)N1CC2(C1)OCCC2COc1ncccc1F. The summed E-state index contributed by atoms with van der Waals surface area (Å²) in [4.78, 5) is 18.2. The van der Waals surface area contributed by atoms with Gasteiger partial charge in [-0.05, 0) is 31.4 Å². The first-order valence-electron chi connectivity index (χ1n) is 9.28. The number of halogens is 1. The van der Waals surface area contributed by atoms with Gasteiger partial charge in [-0.2, -0.15) is 0 Å². The van der Waals surface area contributed by atoms with Crippen molar-refractivity contribution in [2.24, 2.45) is 5.92 Å². The molecule has 27 heavy (non-hydrogen) atoms. The van der Waals surface area contributed by atoms with Crippen molar-refractivity contribution in [1.29, 1.82) is 0 Å². The van der Waals surface area contributed by atoms with Crippen LogP contribution in [0.25, 0.3) is 0 Å². The molecule has 5 rings (SSSR count). The number of carbonyl (C=O) groups excluding carboxylic acids is 1. The molecule has 0 N–H and O–H groups in total. The molecular weight excluding hydrogens is 353 g/mol. The molecule has 7 nitrogen and oxygen atoms in total. The highest BCUT2D eigenvalue weighted by Crippen LogP contribution is 2.42. The summed E-state index contributed by atoms with van der Waals surface area (Å²) < 4.78 is 30.5. The van der Waals surface area contributed by atoms with Gasteiger partial charge in [0.05, 0.1) is 19.7 Å². The average Bonchev–Trinajstić information content (AvgIpc) is 3.22. The fraction of sp³-hybridized carbons (Fsp3) is 0.526. The summed E-state index contributed by atoms with van der Waals surface area (Å²) in [6, 6.07) is 4.60. The number of ether oxygens (including phenoxy) is 2. The number of amides is 1. The van der Waals surface area contributed by atoms with Crippen molar-refractivity contribution in [2.75, 3.05) is 26.3 Å². The molecule has 1 atom stereocenters.